The Morgan fingerprint density at radius 1 is 1.17 bits per heavy atom. The number of benzene rings is 1. The highest BCUT2D eigenvalue weighted by Crippen LogP contribution is 2.58. The van der Waals surface area contributed by atoms with Gasteiger partial charge in [-0.1, -0.05) is 30.3 Å². The van der Waals surface area contributed by atoms with Gasteiger partial charge in [0.05, 0.1) is 43.8 Å². The molecule has 0 radical (unpaired) electrons. The number of hydrogen-bond donors (Lipinski definition) is 3. The summed E-state index contributed by atoms with van der Waals surface area (Å²) >= 11 is 0. The van der Waals surface area contributed by atoms with E-state index in [4.69, 9.17) is 9.47 Å². The lowest BCUT2D eigenvalue weighted by Gasteiger charge is -2.35. The molecule has 2 unspecified atom stereocenters. The second kappa shape index (κ2) is 10.5. The van der Waals surface area contributed by atoms with Gasteiger partial charge in [0.15, 0.2) is 0 Å². The molecule has 1 aromatic carbocycles. The van der Waals surface area contributed by atoms with Crippen LogP contribution in [0, 0.1) is 11.8 Å². The van der Waals surface area contributed by atoms with Crippen LogP contribution in [0.4, 0.5) is 0 Å². The lowest BCUT2D eigenvalue weighted by Crippen LogP contribution is -2.58. The van der Waals surface area contributed by atoms with E-state index >= 15 is 0 Å². The number of aliphatic hydroxyl groups is 1. The van der Waals surface area contributed by atoms with Crippen molar-refractivity contribution < 1.29 is 29.0 Å². The van der Waals surface area contributed by atoms with Gasteiger partial charge in [0.1, 0.15) is 11.6 Å². The van der Waals surface area contributed by atoms with Gasteiger partial charge >= 0.3 is 0 Å². The van der Waals surface area contributed by atoms with Crippen molar-refractivity contribution in [3.05, 3.63) is 35.9 Å². The molecule has 0 aliphatic carbocycles. The second-order valence-corrected chi connectivity index (χ2v) is 10.3. The predicted molar refractivity (Wildman–Crippen MR) is 130 cm³/mol. The molecule has 36 heavy (non-hydrogen) atoms. The number of ether oxygens (including phenoxy) is 2. The Morgan fingerprint density at radius 3 is 2.64 bits per heavy atom. The van der Waals surface area contributed by atoms with Crippen molar-refractivity contribution in [2.75, 3.05) is 46.0 Å². The molecule has 10 heteroatoms. The van der Waals surface area contributed by atoms with Gasteiger partial charge in [-0.2, -0.15) is 0 Å². The average Bonchev–Trinajstić information content (AvgIpc) is 3.55. The predicted octanol–water partition coefficient (Wildman–Crippen LogP) is -0.493. The summed E-state index contributed by atoms with van der Waals surface area (Å²) in [5, 5.41) is 15.9. The number of carbonyl (C=O) groups excluding carboxylic acids is 3. The number of carbonyl (C=O) groups is 3. The van der Waals surface area contributed by atoms with Crippen molar-refractivity contribution in [1.82, 2.24) is 20.4 Å². The molecule has 4 aliphatic heterocycles. The molecule has 5 rings (SSSR count). The van der Waals surface area contributed by atoms with Crippen LogP contribution in [0.15, 0.2) is 30.3 Å². The third-order valence-electron chi connectivity index (χ3n) is 8.17. The molecule has 4 saturated heterocycles. The molecule has 4 heterocycles. The van der Waals surface area contributed by atoms with E-state index in [9.17, 15) is 19.5 Å². The van der Waals surface area contributed by atoms with Crippen LogP contribution in [0.1, 0.15) is 25.3 Å². The van der Waals surface area contributed by atoms with E-state index in [-0.39, 0.29) is 24.3 Å². The van der Waals surface area contributed by atoms with E-state index in [0.717, 1.165) is 18.7 Å². The number of nitrogens with zero attached hydrogens (tertiary/aromatic N) is 2. The van der Waals surface area contributed by atoms with Crippen LogP contribution < -0.4 is 10.6 Å². The third-order valence-corrected chi connectivity index (χ3v) is 8.17. The normalized spacial score (nSPS) is 32.4. The Balaban J connectivity index is 1.32. The number of hydrogen-bond acceptors (Lipinski definition) is 7. The van der Waals surface area contributed by atoms with Crippen molar-refractivity contribution in [1.29, 1.82) is 0 Å². The molecule has 0 aromatic heterocycles. The fourth-order valence-corrected chi connectivity index (χ4v) is 6.41. The first-order valence-electron chi connectivity index (χ1n) is 13.0. The standard InChI is InChI=1S/C26H36N4O6/c1-17(16-31)30-22(24(33)27-9-10-29-11-13-35-14-12-29)26-8-7-19(36-26)20(21(26)25(30)34)23(32)28-15-18-5-3-2-4-6-18/h2-6,17,19-22,31H,7-16H2,1H3,(H,27,33)(H,28,32)/t17-,19+,20-,21+,22?,26?/m1/s1. The molecule has 2 bridgehead atoms. The fraction of sp³-hybridized carbons (Fsp3) is 0.654. The maximum atomic E-state index is 13.7. The number of morpholine rings is 1. The molecule has 3 N–H and O–H groups in total. The highest BCUT2D eigenvalue weighted by atomic mass is 16.5. The Morgan fingerprint density at radius 2 is 1.92 bits per heavy atom. The maximum Gasteiger partial charge on any atom is 0.245 e. The Kier molecular flexibility index (Phi) is 7.30. The first-order chi connectivity index (χ1) is 17.5. The van der Waals surface area contributed by atoms with Gasteiger partial charge < -0.3 is 30.1 Å². The summed E-state index contributed by atoms with van der Waals surface area (Å²) < 4.78 is 11.8. The minimum Gasteiger partial charge on any atom is -0.394 e. The van der Waals surface area contributed by atoms with Crippen LogP contribution in [0.25, 0.3) is 0 Å². The van der Waals surface area contributed by atoms with Crippen molar-refractivity contribution in [2.45, 2.75) is 50.1 Å². The fourth-order valence-electron chi connectivity index (χ4n) is 6.41. The molecule has 4 fully saturated rings. The smallest absolute Gasteiger partial charge is 0.245 e. The molecule has 3 amide bonds. The van der Waals surface area contributed by atoms with Gasteiger partial charge in [0.25, 0.3) is 0 Å². The Bertz CT molecular complexity index is 970. The van der Waals surface area contributed by atoms with Crippen LogP contribution >= 0.6 is 0 Å². The van der Waals surface area contributed by atoms with E-state index in [0.29, 0.717) is 45.7 Å². The van der Waals surface area contributed by atoms with E-state index in [1.165, 1.54) is 4.90 Å². The van der Waals surface area contributed by atoms with Gasteiger partial charge in [-0.15, -0.1) is 0 Å². The molecule has 0 saturated carbocycles. The lowest BCUT2D eigenvalue weighted by molar-refractivity contribution is -0.145. The Labute approximate surface area is 211 Å². The largest absolute Gasteiger partial charge is 0.394 e. The molecule has 4 aliphatic rings. The van der Waals surface area contributed by atoms with Crippen molar-refractivity contribution >= 4 is 17.7 Å². The third kappa shape index (κ3) is 4.40. The monoisotopic (exact) mass is 500 g/mol. The second-order valence-electron chi connectivity index (χ2n) is 10.3. The summed E-state index contributed by atoms with van der Waals surface area (Å²) in [6.07, 6.45) is 0.753. The summed E-state index contributed by atoms with van der Waals surface area (Å²) in [6, 6.07) is 8.16. The Hall–Kier alpha value is -2.53. The number of aliphatic hydroxyl groups excluding tert-OH is 1. The van der Waals surface area contributed by atoms with Crippen LogP contribution in [-0.4, -0.2) is 102 Å². The van der Waals surface area contributed by atoms with E-state index in [1.807, 2.05) is 30.3 Å². The summed E-state index contributed by atoms with van der Waals surface area (Å²) in [7, 11) is 0. The molecule has 1 aromatic rings. The first-order valence-corrected chi connectivity index (χ1v) is 13.0. The van der Waals surface area contributed by atoms with Crippen LogP contribution in [0.2, 0.25) is 0 Å². The van der Waals surface area contributed by atoms with Crippen molar-refractivity contribution in [3.8, 4) is 0 Å². The minimum absolute atomic E-state index is 0.228. The zero-order chi connectivity index (χ0) is 25.3. The quantitative estimate of drug-likeness (QED) is 0.418. The van der Waals surface area contributed by atoms with E-state index in [2.05, 4.69) is 15.5 Å². The number of amides is 3. The molecule has 1 spiro atoms. The van der Waals surface area contributed by atoms with E-state index in [1.54, 1.807) is 6.92 Å². The summed E-state index contributed by atoms with van der Waals surface area (Å²) in [5.74, 6) is -2.20. The molecule has 196 valence electrons. The van der Waals surface area contributed by atoms with Crippen LogP contribution in [0.3, 0.4) is 0 Å². The number of nitrogens with one attached hydrogen (secondary N) is 2. The molecule has 6 atom stereocenters. The summed E-state index contributed by atoms with van der Waals surface area (Å²) in [6.45, 7) is 5.94. The number of fused-ring (bicyclic) bond motifs is 1. The van der Waals surface area contributed by atoms with Gasteiger partial charge in [0, 0.05) is 32.7 Å². The topological polar surface area (TPSA) is 120 Å². The SMILES string of the molecule is C[C@H](CO)N1C(=O)[C@@H]2[C@H](C(=O)NCc3ccccc3)[C@@H]3CCC2(O3)C1C(=O)NCCN1CCOCC1. The summed E-state index contributed by atoms with van der Waals surface area (Å²) in [5.41, 5.74) is -0.0846. The van der Waals surface area contributed by atoms with Gasteiger partial charge in [-0.25, -0.2) is 0 Å². The highest BCUT2D eigenvalue weighted by Gasteiger charge is 2.74. The minimum atomic E-state index is -1.05. The number of rotatable bonds is 9. The van der Waals surface area contributed by atoms with Gasteiger partial charge in [-0.05, 0) is 25.3 Å². The molecule has 10 nitrogen and oxygen atoms in total. The first kappa shape index (κ1) is 25.1. The lowest BCUT2D eigenvalue weighted by atomic mass is 9.70. The van der Waals surface area contributed by atoms with Crippen molar-refractivity contribution in [2.24, 2.45) is 11.8 Å². The highest BCUT2D eigenvalue weighted by molar-refractivity contribution is 5.99. The van der Waals surface area contributed by atoms with Gasteiger partial charge in [0.2, 0.25) is 17.7 Å². The average molecular weight is 501 g/mol. The maximum absolute atomic E-state index is 13.7. The van der Waals surface area contributed by atoms with Crippen LogP contribution in [-0.2, 0) is 30.4 Å². The van der Waals surface area contributed by atoms with Gasteiger partial charge in [-0.3, -0.25) is 19.3 Å². The van der Waals surface area contributed by atoms with Crippen molar-refractivity contribution in [3.63, 3.8) is 0 Å². The molecular weight excluding hydrogens is 464 g/mol. The molecular formula is C26H36N4O6. The van der Waals surface area contributed by atoms with E-state index < -0.39 is 35.6 Å². The van der Waals surface area contributed by atoms with Crippen LogP contribution in [0.5, 0.6) is 0 Å². The zero-order valence-corrected chi connectivity index (χ0v) is 20.7. The number of likely N-dealkylation sites (tertiary alicyclic amines) is 1. The zero-order valence-electron chi connectivity index (χ0n) is 20.7. The summed E-state index contributed by atoms with van der Waals surface area (Å²) in [4.78, 5) is 44.3.